The number of rotatable bonds is 7. The van der Waals surface area contributed by atoms with Gasteiger partial charge >= 0.3 is 0 Å². The van der Waals surface area contributed by atoms with Crippen LogP contribution in [0.25, 0.3) is 0 Å². The molecule has 1 saturated heterocycles. The molecule has 132 valence electrons. The highest BCUT2D eigenvalue weighted by atomic mass is 16.5. The normalized spacial score (nSPS) is 19.4. The number of hydrogen-bond donors (Lipinski definition) is 0. The molecule has 0 N–H and O–H groups in total. The fraction of sp³-hybridized carbons (Fsp3) is 0.526. The second-order valence-corrected chi connectivity index (χ2v) is 7.18. The predicted molar refractivity (Wildman–Crippen MR) is 93.7 cm³/mol. The number of ether oxygens (including phenoxy) is 1. The molecule has 2 fully saturated rings. The van der Waals surface area contributed by atoms with Crippen LogP contribution >= 0.6 is 0 Å². The Kier molecular flexibility index (Phi) is 4.29. The van der Waals surface area contributed by atoms with Gasteiger partial charge in [0.2, 0.25) is 0 Å². The molecule has 0 radical (unpaired) electrons. The van der Waals surface area contributed by atoms with Crippen LogP contribution in [0.3, 0.4) is 0 Å². The van der Waals surface area contributed by atoms with E-state index in [9.17, 15) is 4.79 Å². The molecule has 6 nitrogen and oxygen atoms in total. The van der Waals surface area contributed by atoms with Gasteiger partial charge in [0.05, 0.1) is 19.3 Å². The molecule has 1 atom stereocenters. The number of carbonyl (C=O) groups excluding carboxylic acids is 1. The Morgan fingerprint density at radius 1 is 1.32 bits per heavy atom. The van der Waals surface area contributed by atoms with E-state index in [4.69, 9.17) is 4.74 Å². The second kappa shape index (κ2) is 6.59. The molecule has 1 aliphatic carbocycles. The minimum absolute atomic E-state index is 0.112. The van der Waals surface area contributed by atoms with Gasteiger partial charge in [0, 0.05) is 31.1 Å². The summed E-state index contributed by atoms with van der Waals surface area (Å²) in [5.74, 6) is 1.43. The van der Waals surface area contributed by atoms with Crippen molar-refractivity contribution in [1.29, 1.82) is 0 Å². The maximum Gasteiger partial charge on any atom is 0.185 e. The first-order valence-corrected chi connectivity index (χ1v) is 8.97. The number of likely N-dealkylation sites (tertiary alicyclic amines) is 1. The van der Waals surface area contributed by atoms with Gasteiger partial charge in [-0.05, 0) is 31.7 Å². The van der Waals surface area contributed by atoms with Gasteiger partial charge in [-0.3, -0.25) is 9.69 Å². The van der Waals surface area contributed by atoms with Gasteiger partial charge in [-0.25, -0.2) is 4.68 Å². The highest BCUT2D eigenvalue weighted by molar-refractivity contribution is 5.94. The average Bonchev–Trinajstić information content (AvgIpc) is 3.33. The number of hydrogen-bond acceptors (Lipinski definition) is 5. The third-order valence-electron chi connectivity index (χ3n) is 5.31. The topological polar surface area (TPSA) is 60.2 Å². The SMILES string of the molecule is COc1ccccc1[C@@H](C)N1CC(CC(=O)c2cn(C3CC3)nn2)C1. The Balaban J connectivity index is 1.31. The summed E-state index contributed by atoms with van der Waals surface area (Å²) in [5.41, 5.74) is 1.71. The predicted octanol–water partition coefficient (Wildman–Crippen LogP) is 2.89. The molecule has 1 aromatic heterocycles. The van der Waals surface area contributed by atoms with Crippen molar-refractivity contribution in [3.8, 4) is 5.75 Å². The number of para-hydroxylation sites is 1. The lowest BCUT2D eigenvalue weighted by atomic mass is 9.90. The van der Waals surface area contributed by atoms with Crippen molar-refractivity contribution in [2.45, 2.75) is 38.3 Å². The first-order valence-electron chi connectivity index (χ1n) is 8.97. The van der Waals surface area contributed by atoms with E-state index in [1.54, 1.807) is 7.11 Å². The van der Waals surface area contributed by atoms with Crippen LogP contribution in [0, 0.1) is 5.92 Å². The van der Waals surface area contributed by atoms with Crippen molar-refractivity contribution in [2.24, 2.45) is 5.92 Å². The van der Waals surface area contributed by atoms with Crippen LogP contribution in [0.4, 0.5) is 0 Å². The number of aromatic nitrogens is 3. The molecule has 1 aliphatic heterocycles. The molecule has 0 unspecified atom stereocenters. The van der Waals surface area contributed by atoms with Gasteiger partial charge in [0.1, 0.15) is 11.4 Å². The second-order valence-electron chi connectivity index (χ2n) is 7.18. The Morgan fingerprint density at radius 2 is 2.08 bits per heavy atom. The number of benzene rings is 1. The lowest BCUT2D eigenvalue weighted by molar-refractivity contribution is 0.0494. The summed E-state index contributed by atoms with van der Waals surface area (Å²) in [5, 5.41) is 8.12. The monoisotopic (exact) mass is 340 g/mol. The Bertz CT molecular complexity index is 762. The van der Waals surface area contributed by atoms with Crippen LogP contribution in [0.2, 0.25) is 0 Å². The van der Waals surface area contributed by atoms with E-state index in [0.717, 1.165) is 31.7 Å². The van der Waals surface area contributed by atoms with E-state index in [1.165, 1.54) is 5.56 Å². The van der Waals surface area contributed by atoms with Crippen LogP contribution in [-0.2, 0) is 0 Å². The smallest absolute Gasteiger partial charge is 0.185 e. The molecule has 6 heteroatoms. The number of Topliss-reactive ketones (excluding diaryl/α,β-unsaturated/α-hetero) is 1. The molecule has 0 bridgehead atoms. The molecule has 2 heterocycles. The van der Waals surface area contributed by atoms with Gasteiger partial charge in [0.15, 0.2) is 5.78 Å². The van der Waals surface area contributed by atoms with Crippen molar-refractivity contribution >= 4 is 5.78 Å². The molecule has 25 heavy (non-hydrogen) atoms. The van der Waals surface area contributed by atoms with E-state index in [-0.39, 0.29) is 5.78 Å². The summed E-state index contributed by atoms with van der Waals surface area (Å²) in [6, 6.07) is 8.89. The van der Waals surface area contributed by atoms with E-state index in [1.807, 2.05) is 29.1 Å². The van der Waals surface area contributed by atoms with Gasteiger partial charge in [-0.2, -0.15) is 0 Å². The number of carbonyl (C=O) groups is 1. The summed E-state index contributed by atoms with van der Waals surface area (Å²) in [6.07, 6.45) is 4.66. The highest BCUT2D eigenvalue weighted by Crippen LogP contribution is 2.35. The molecule has 2 aliphatic rings. The lowest BCUT2D eigenvalue weighted by Crippen LogP contribution is -2.48. The fourth-order valence-electron chi connectivity index (χ4n) is 3.55. The first kappa shape index (κ1) is 16.3. The standard InChI is InChI=1S/C19H24N4O2/c1-13(16-5-3-4-6-19(16)25-2)22-10-14(11-22)9-18(24)17-12-23(21-20-17)15-7-8-15/h3-6,12-15H,7-11H2,1-2H3/t13-/m1/s1. The summed E-state index contributed by atoms with van der Waals surface area (Å²) in [7, 11) is 1.71. The van der Waals surface area contributed by atoms with Gasteiger partial charge in [-0.1, -0.05) is 23.4 Å². The first-order chi connectivity index (χ1) is 12.2. The third-order valence-corrected chi connectivity index (χ3v) is 5.31. The number of nitrogens with zero attached hydrogens (tertiary/aromatic N) is 4. The van der Waals surface area contributed by atoms with Crippen LogP contribution in [-0.4, -0.2) is 45.9 Å². The van der Waals surface area contributed by atoms with E-state index < -0.39 is 0 Å². The molecule has 0 amide bonds. The van der Waals surface area contributed by atoms with Crippen LogP contribution in [0.15, 0.2) is 30.5 Å². The van der Waals surface area contributed by atoms with E-state index in [0.29, 0.717) is 30.1 Å². The van der Waals surface area contributed by atoms with Crippen molar-refractivity contribution in [3.05, 3.63) is 41.7 Å². The Morgan fingerprint density at radius 3 is 2.80 bits per heavy atom. The van der Waals surface area contributed by atoms with Crippen LogP contribution in [0.1, 0.15) is 54.3 Å². The minimum Gasteiger partial charge on any atom is -0.496 e. The van der Waals surface area contributed by atoms with E-state index in [2.05, 4.69) is 28.2 Å². The number of methoxy groups -OCH3 is 1. The summed E-state index contributed by atoms with van der Waals surface area (Å²) >= 11 is 0. The molecule has 0 spiro atoms. The van der Waals surface area contributed by atoms with Crippen LogP contribution in [0.5, 0.6) is 5.75 Å². The summed E-state index contributed by atoms with van der Waals surface area (Å²) < 4.78 is 7.30. The molecule has 2 aromatic rings. The zero-order valence-electron chi connectivity index (χ0n) is 14.8. The quantitative estimate of drug-likeness (QED) is 0.725. The molecule has 1 saturated carbocycles. The van der Waals surface area contributed by atoms with Crippen LogP contribution < -0.4 is 4.74 Å². The lowest BCUT2D eigenvalue weighted by Gasteiger charge is -2.43. The molecular weight excluding hydrogens is 316 g/mol. The number of ketones is 1. The fourth-order valence-corrected chi connectivity index (χ4v) is 3.55. The van der Waals surface area contributed by atoms with Crippen molar-refractivity contribution < 1.29 is 9.53 Å². The summed E-state index contributed by atoms with van der Waals surface area (Å²) in [6.45, 7) is 4.06. The van der Waals surface area contributed by atoms with Gasteiger partial charge in [-0.15, -0.1) is 5.10 Å². The van der Waals surface area contributed by atoms with Crippen molar-refractivity contribution in [3.63, 3.8) is 0 Å². The largest absolute Gasteiger partial charge is 0.496 e. The van der Waals surface area contributed by atoms with Crippen molar-refractivity contribution in [2.75, 3.05) is 20.2 Å². The summed E-state index contributed by atoms with van der Waals surface area (Å²) in [4.78, 5) is 14.8. The zero-order chi connectivity index (χ0) is 17.4. The Labute approximate surface area is 147 Å². The average molecular weight is 340 g/mol. The zero-order valence-corrected chi connectivity index (χ0v) is 14.8. The molecular formula is C19H24N4O2. The Hall–Kier alpha value is -2.21. The van der Waals surface area contributed by atoms with Crippen molar-refractivity contribution in [1.82, 2.24) is 19.9 Å². The maximum absolute atomic E-state index is 12.4. The minimum atomic E-state index is 0.112. The third kappa shape index (κ3) is 3.31. The van der Waals surface area contributed by atoms with Gasteiger partial charge < -0.3 is 4.74 Å². The van der Waals surface area contributed by atoms with E-state index >= 15 is 0 Å². The maximum atomic E-state index is 12.4. The van der Waals surface area contributed by atoms with Gasteiger partial charge in [0.25, 0.3) is 0 Å². The molecule has 1 aromatic carbocycles. The molecule has 4 rings (SSSR count). The highest BCUT2D eigenvalue weighted by Gasteiger charge is 2.34.